The first-order chi connectivity index (χ1) is 7.72. The Bertz CT molecular complexity index is 494. The lowest BCUT2D eigenvalue weighted by molar-refractivity contribution is 0.619. The molecular weight excluding hydrogens is 223 g/mol. The van der Waals surface area contributed by atoms with Gasteiger partial charge in [-0.15, -0.1) is 11.3 Å². The molecule has 0 saturated carbocycles. The van der Waals surface area contributed by atoms with E-state index in [1.54, 1.807) is 29.8 Å². The number of thiazole rings is 1. The van der Waals surface area contributed by atoms with Crippen LogP contribution in [0.4, 0.5) is 4.39 Å². The number of rotatable bonds is 3. The summed E-state index contributed by atoms with van der Waals surface area (Å²) in [7, 11) is 0. The molecule has 2 N–H and O–H groups in total. The zero-order chi connectivity index (χ0) is 11.5. The highest BCUT2D eigenvalue weighted by Gasteiger charge is 2.09. The second-order valence-corrected chi connectivity index (χ2v) is 4.57. The monoisotopic (exact) mass is 236 g/mol. The van der Waals surface area contributed by atoms with Gasteiger partial charge >= 0.3 is 0 Å². The standard InChI is InChI=1S/C12H13FN2S/c1-8-6-9(2-3-10(8)13)12-11(4-5-14)16-7-15-12/h2-3,6-7H,4-5,14H2,1H3. The molecule has 0 unspecified atom stereocenters. The molecule has 0 saturated heterocycles. The minimum absolute atomic E-state index is 0.181. The largest absolute Gasteiger partial charge is 0.330 e. The van der Waals surface area contributed by atoms with Crippen LogP contribution in [0.1, 0.15) is 10.4 Å². The molecule has 84 valence electrons. The Morgan fingerprint density at radius 1 is 1.44 bits per heavy atom. The van der Waals surface area contributed by atoms with E-state index >= 15 is 0 Å². The van der Waals surface area contributed by atoms with Gasteiger partial charge in [0.05, 0.1) is 11.2 Å². The Balaban J connectivity index is 2.42. The number of nitrogens with two attached hydrogens (primary N) is 1. The van der Waals surface area contributed by atoms with E-state index in [0.717, 1.165) is 22.6 Å². The van der Waals surface area contributed by atoms with Gasteiger partial charge in [-0.1, -0.05) is 0 Å². The number of hydrogen-bond acceptors (Lipinski definition) is 3. The maximum Gasteiger partial charge on any atom is 0.126 e. The summed E-state index contributed by atoms with van der Waals surface area (Å²) in [5.41, 5.74) is 9.88. The summed E-state index contributed by atoms with van der Waals surface area (Å²) in [5, 5.41) is 0. The van der Waals surface area contributed by atoms with Gasteiger partial charge in [0.1, 0.15) is 5.82 Å². The van der Waals surface area contributed by atoms with Crippen molar-refractivity contribution in [3.63, 3.8) is 0 Å². The van der Waals surface area contributed by atoms with Crippen molar-refractivity contribution in [1.82, 2.24) is 4.98 Å². The molecule has 0 aliphatic heterocycles. The van der Waals surface area contributed by atoms with Crippen molar-refractivity contribution in [3.05, 3.63) is 40.0 Å². The normalized spacial score (nSPS) is 10.7. The van der Waals surface area contributed by atoms with E-state index in [1.165, 1.54) is 6.07 Å². The van der Waals surface area contributed by atoms with Crippen LogP contribution in [0.2, 0.25) is 0 Å². The van der Waals surface area contributed by atoms with Crippen LogP contribution in [-0.4, -0.2) is 11.5 Å². The summed E-state index contributed by atoms with van der Waals surface area (Å²) >= 11 is 1.59. The molecule has 1 aromatic carbocycles. The van der Waals surface area contributed by atoms with Crippen LogP contribution in [0.3, 0.4) is 0 Å². The number of halogens is 1. The lowest BCUT2D eigenvalue weighted by Crippen LogP contribution is -2.02. The molecule has 0 spiro atoms. The third-order valence-electron chi connectivity index (χ3n) is 2.44. The van der Waals surface area contributed by atoms with E-state index in [1.807, 2.05) is 6.07 Å². The summed E-state index contributed by atoms with van der Waals surface area (Å²) in [6.45, 7) is 2.36. The maximum absolute atomic E-state index is 13.2. The highest BCUT2D eigenvalue weighted by Crippen LogP contribution is 2.26. The van der Waals surface area contributed by atoms with Gasteiger partial charge in [0, 0.05) is 10.4 Å². The van der Waals surface area contributed by atoms with Gasteiger partial charge in [-0.3, -0.25) is 0 Å². The van der Waals surface area contributed by atoms with Crippen molar-refractivity contribution >= 4 is 11.3 Å². The molecule has 2 nitrogen and oxygen atoms in total. The minimum atomic E-state index is -0.181. The van der Waals surface area contributed by atoms with E-state index in [-0.39, 0.29) is 5.82 Å². The molecule has 0 aliphatic rings. The molecule has 0 atom stereocenters. The van der Waals surface area contributed by atoms with Gasteiger partial charge in [0.2, 0.25) is 0 Å². The summed E-state index contributed by atoms with van der Waals surface area (Å²) in [5.74, 6) is -0.181. The van der Waals surface area contributed by atoms with Crippen molar-refractivity contribution in [2.75, 3.05) is 6.54 Å². The molecule has 1 aromatic heterocycles. The topological polar surface area (TPSA) is 38.9 Å². The third-order valence-corrected chi connectivity index (χ3v) is 3.34. The van der Waals surface area contributed by atoms with Crippen LogP contribution in [0, 0.1) is 12.7 Å². The lowest BCUT2D eigenvalue weighted by Gasteiger charge is -2.03. The Morgan fingerprint density at radius 2 is 2.25 bits per heavy atom. The molecule has 2 rings (SSSR count). The first kappa shape index (κ1) is 11.2. The fourth-order valence-electron chi connectivity index (χ4n) is 1.61. The van der Waals surface area contributed by atoms with Crippen LogP contribution >= 0.6 is 11.3 Å². The van der Waals surface area contributed by atoms with E-state index in [0.29, 0.717) is 12.1 Å². The van der Waals surface area contributed by atoms with Gasteiger partial charge in [-0.05, 0) is 43.7 Å². The van der Waals surface area contributed by atoms with Gasteiger partial charge in [-0.2, -0.15) is 0 Å². The summed E-state index contributed by atoms with van der Waals surface area (Å²) in [6.07, 6.45) is 0.816. The Labute approximate surface area is 97.9 Å². The molecule has 0 radical (unpaired) electrons. The number of aromatic nitrogens is 1. The molecule has 0 fully saturated rings. The second kappa shape index (κ2) is 4.72. The molecular formula is C12H13FN2S. The number of nitrogens with zero attached hydrogens (tertiary/aromatic N) is 1. The summed E-state index contributed by atoms with van der Waals surface area (Å²) in [6, 6.07) is 5.07. The maximum atomic E-state index is 13.2. The van der Waals surface area contributed by atoms with E-state index < -0.39 is 0 Å². The fraction of sp³-hybridized carbons (Fsp3) is 0.250. The Morgan fingerprint density at radius 3 is 2.94 bits per heavy atom. The van der Waals surface area contributed by atoms with Crippen molar-refractivity contribution in [3.8, 4) is 11.3 Å². The zero-order valence-electron chi connectivity index (χ0n) is 9.03. The van der Waals surface area contributed by atoms with E-state index in [9.17, 15) is 4.39 Å². The average Bonchev–Trinajstić information content (AvgIpc) is 2.71. The van der Waals surface area contributed by atoms with Gasteiger partial charge < -0.3 is 5.73 Å². The number of aryl methyl sites for hydroxylation is 1. The first-order valence-corrected chi connectivity index (χ1v) is 5.99. The third kappa shape index (κ3) is 2.13. The molecule has 4 heteroatoms. The highest BCUT2D eigenvalue weighted by atomic mass is 32.1. The quantitative estimate of drug-likeness (QED) is 0.890. The van der Waals surface area contributed by atoms with Crippen molar-refractivity contribution in [2.45, 2.75) is 13.3 Å². The van der Waals surface area contributed by atoms with Crippen LogP contribution in [0.15, 0.2) is 23.7 Å². The molecule has 0 aliphatic carbocycles. The predicted molar refractivity (Wildman–Crippen MR) is 65.0 cm³/mol. The molecule has 0 amide bonds. The second-order valence-electron chi connectivity index (χ2n) is 3.63. The Hall–Kier alpha value is -1.26. The Kier molecular flexibility index (Phi) is 3.31. The number of hydrogen-bond donors (Lipinski definition) is 1. The van der Waals surface area contributed by atoms with E-state index in [4.69, 9.17) is 5.73 Å². The SMILES string of the molecule is Cc1cc(-c2ncsc2CCN)ccc1F. The molecule has 2 aromatic rings. The van der Waals surface area contributed by atoms with Gasteiger partial charge in [0.25, 0.3) is 0 Å². The smallest absolute Gasteiger partial charge is 0.126 e. The van der Waals surface area contributed by atoms with Crippen molar-refractivity contribution < 1.29 is 4.39 Å². The molecule has 16 heavy (non-hydrogen) atoms. The lowest BCUT2D eigenvalue weighted by atomic mass is 10.1. The van der Waals surface area contributed by atoms with Crippen LogP contribution in [-0.2, 0) is 6.42 Å². The zero-order valence-corrected chi connectivity index (χ0v) is 9.85. The van der Waals surface area contributed by atoms with E-state index in [2.05, 4.69) is 4.98 Å². The average molecular weight is 236 g/mol. The van der Waals surface area contributed by atoms with Gasteiger partial charge in [0.15, 0.2) is 0 Å². The van der Waals surface area contributed by atoms with Gasteiger partial charge in [-0.25, -0.2) is 9.37 Å². The fourth-order valence-corrected chi connectivity index (χ4v) is 2.41. The highest BCUT2D eigenvalue weighted by molar-refractivity contribution is 7.10. The molecule has 1 heterocycles. The van der Waals surface area contributed by atoms with Crippen LogP contribution in [0.25, 0.3) is 11.3 Å². The van der Waals surface area contributed by atoms with Crippen LogP contribution < -0.4 is 5.73 Å². The molecule has 0 bridgehead atoms. The predicted octanol–water partition coefficient (Wildman–Crippen LogP) is 2.76. The van der Waals surface area contributed by atoms with Crippen molar-refractivity contribution in [2.24, 2.45) is 5.73 Å². The van der Waals surface area contributed by atoms with Crippen molar-refractivity contribution in [1.29, 1.82) is 0 Å². The van der Waals surface area contributed by atoms with Crippen LogP contribution in [0.5, 0.6) is 0 Å². The first-order valence-electron chi connectivity index (χ1n) is 5.11. The summed E-state index contributed by atoms with van der Waals surface area (Å²) in [4.78, 5) is 5.48. The minimum Gasteiger partial charge on any atom is -0.330 e. The summed E-state index contributed by atoms with van der Waals surface area (Å²) < 4.78 is 13.2. The number of benzene rings is 1.